The molecule has 7 heteroatoms. The summed E-state index contributed by atoms with van der Waals surface area (Å²) in [7, 11) is 1.97. The first kappa shape index (κ1) is 19.0. The molecule has 0 aliphatic rings. The molecule has 1 atom stereocenters. The van der Waals surface area contributed by atoms with Crippen LogP contribution in [0.5, 0.6) is 0 Å². The van der Waals surface area contributed by atoms with E-state index in [0.29, 0.717) is 16.2 Å². The summed E-state index contributed by atoms with van der Waals surface area (Å²) in [5.74, 6) is 1.46. The number of carbonyl (C=O) groups is 1. The highest BCUT2D eigenvalue weighted by atomic mass is 35.5. The molecule has 5 nitrogen and oxygen atoms in total. The van der Waals surface area contributed by atoms with Crippen LogP contribution in [-0.2, 0) is 4.79 Å². The number of halogens is 1. The van der Waals surface area contributed by atoms with Gasteiger partial charge in [-0.1, -0.05) is 44.1 Å². The molecule has 22 heavy (non-hydrogen) atoms. The fourth-order valence-corrected chi connectivity index (χ4v) is 2.58. The highest BCUT2D eigenvalue weighted by Crippen LogP contribution is 2.21. The first-order valence-electron chi connectivity index (χ1n) is 7.51. The van der Waals surface area contributed by atoms with E-state index < -0.39 is 0 Å². The highest BCUT2D eigenvalue weighted by Gasteiger charge is 2.13. The average molecular weight is 345 g/mol. The van der Waals surface area contributed by atoms with Gasteiger partial charge in [-0.25, -0.2) is 9.97 Å². The van der Waals surface area contributed by atoms with Crippen molar-refractivity contribution in [1.82, 2.24) is 15.3 Å². The monoisotopic (exact) mass is 344 g/mol. The van der Waals surface area contributed by atoms with Gasteiger partial charge in [-0.05, 0) is 19.3 Å². The van der Waals surface area contributed by atoms with E-state index in [1.165, 1.54) is 11.8 Å². The van der Waals surface area contributed by atoms with Crippen LogP contribution in [0, 0.1) is 5.92 Å². The maximum Gasteiger partial charge on any atom is 0.230 e. The smallest absolute Gasteiger partial charge is 0.230 e. The van der Waals surface area contributed by atoms with E-state index in [0.717, 1.165) is 18.8 Å². The lowest BCUT2D eigenvalue weighted by Gasteiger charge is -2.18. The van der Waals surface area contributed by atoms with Crippen LogP contribution in [0.15, 0.2) is 11.2 Å². The van der Waals surface area contributed by atoms with Gasteiger partial charge in [0, 0.05) is 25.7 Å². The van der Waals surface area contributed by atoms with Gasteiger partial charge in [0.2, 0.25) is 5.91 Å². The van der Waals surface area contributed by atoms with Crippen LogP contribution in [-0.4, -0.2) is 41.3 Å². The molecule has 0 aliphatic heterocycles. The summed E-state index contributed by atoms with van der Waals surface area (Å²) < 4.78 is 0. The van der Waals surface area contributed by atoms with E-state index in [1.54, 1.807) is 6.07 Å². The first-order valence-corrected chi connectivity index (χ1v) is 8.87. The molecule has 0 unspecified atom stereocenters. The van der Waals surface area contributed by atoms with Gasteiger partial charge >= 0.3 is 0 Å². The summed E-state index contributed by atoms with van der Waals surface area (Å²) in [6.45, 7) is 9.15. The summed E-state index contributed by atoms with van der Waals surface area (Å²) in [5, 5.41) is 3.88. The van der Waals surface area contributed by atoms with Crippen LogP contribution in [0.4, 0.5) is 5.82 Å². The summed E-state index contributed by atoms with van der Waals surface area (Å²) in [5.41, 5.74) is 0. The third-order valence-electron chi connectivity index (χ3n) is 3.33. The van der Waals surface area contributed by atoms with Gasteiger partial charge in [-0.3, -0.25) is 4.79 Å². The second-order valence-electron chi connectivity index (χ2n) is 5.64. The van der Waals surface area contributed by atoms with Crippen LogP contribution in [0.2, 0.25) is 5.15 Å². The Kier molecular flexibility index (Phi) is 7.96. The van der Waals surface area contributed by atoms with Crippen molar-refractivity contribution in [3.05, 3.63) is 11.2 Å². The van der Waals surface area contributed by atoms with E-state index in [1.807, 2.05) is 18.9 Å². The molecule has 1 rings (SSSR count). The van der Waals surface area contributed by atoms with E-state index in [9.17, 15) is 4.79 Å². The molecule has 0 spiro atoms. The predicted octanol–water partition coefficient (Wildman–Crippen LogP) is 3.23. The lowest BCUT2D eigenvalue weighted by molar-refractivity contribution is -0.119. The SMILES string of the molecule is CCCN(C)c1cc(Cl)nc(SCC(=O)N[C@@H](C)C(C)C)n1. The highest BCUT2D eigenvalue weighted by molar-refractivity contribution is 7.99. The Morgan fingerprint density at radius 3 is 2.68 bits per heavy atom. The first-order chi connectivity index (χ1) is 10.3. The van der Waals surface area contributed by atoms with Gasteiger partial charge in [-0.2, -0.15) is 0 Å². The third-order valence-corrected chi connectivity index (χ3v) is 4.37. The zero-order valence-corrected chi connectivity index (χ0v) is 15.5. The van der Waals surface area contributed by atoms with Gasteiger partial charge in [0.1, 0.15) is 11.0 Å². The molecule has 0 aromatic carbocycles. The third kappa shape index (κ3) is 6.40. The minimum atomic E-state index is -0.0155. The molecule has 1 amide bonds. The Morgan fingerprint density at radius 1 is 1.41 bits per heavy atom. The molecule has 0 fully saturated rings. The zero-order valence-electron chi connectivity index (χ0n) is 13.9. The van der Waals surface area contributed by atoms with Crippen molar-refractivity contribution in [3.63, 3.8) is 0 Å². The minimum Gasteiger partial charge on any atom is -0.360 e. The van der Waals surface area contributed by atoms with E-state index in [4.69, 9.17) is 11.6 Å². The van der Waals surface area contributed by atoms with Gasteiger partial charge in [0.25, 0.3) is 0 Å². The Bertz CT molecular complexity index is 498. The number of rotatable bonds is 8. The topological polar surface area (TPSA) is 58.1 Å². The molecule has 0 bridgehead atoms. The molecule has 124 valence electrons. The number of carbonyl (C=O) groups excluding carboxylic acids is 1. The number of anilines is 1. The van der Waals surface area contributed by atoms with Crippen LogP contribution in [0.25, 0.3) is 0 Å². The molecule has 0 aliphatic carbocycles. The van der Waals surface area contributed by atoms with Crippen molar-refractivity contribution >= 4 is 35.1 Å². The molecule has 1 N–H and O–H groups in total. The average Bonchev–Trinajstić information content (AvgIpc) is 2.44. The summed E-state index contributed by atoms with van der Waals surface area (Å²) in [6, 6.07) is 1.89. The Labute approximate surface area is 142 Å². The number of aromatic nitrogens is 2. The van der Waals surface area contributed by atoms with Gasteiger partial charge in [0.05, 0.1) is 5.75 Å². The largest absolute Gasteiger partial charge is 0.360 e. The fourth-order valence-electron chi connectivity index (χ4n) is 1.69. The number of nitrogens with zero attached hydrogens (tertiary/aromatic N) is 3. The normalized spacial score (nSPS) is 12.3. The summed E-state index contributed by atoms with van der Waals surface area (Å²) >= 11 is 7.34. The van der Waals surface area contributed by atoms with Crippen LogP contribution in [0.3, 0.4) is 0 Å². The van der Waals surface area contributed by atoms with Crippen molar-refractivity contribution in [2.24, 2.45) is 5.92 Å². The molecular formula is C15H25ClN4OS. The van der Waals surface area contributed by atoms with E-state index in [2.05, 4.69) is 36.1 Å². The molecule has 0 radical (unpaired) electrons. The van der Waals surface area contributed by atoms with Gasteiger partial charge in [0.15, 0.2) is 5.16 Å². The van der Waals surface area contributed by atoms with Crippen molar-refractivity contribution < 1.29 is 4.79 Å². The maximum absolute atomic E-state index is 11.9. The lowest BCUT2D eigenvalue weighted by Crippen LogP contribution is -2.37. The summed E-state index contributed by atoms with van der Waals surface area (Å²) in [4.78, 5) is 22.6. The fraction of sp³-hybridized carbons (Fsp3) is 0.667. The lowest BCUT2D eigenvalue weighted by atomic mass is 10.1. The predicted molar refractivity (Wildman–Crippen MR) is 93.8 cm³/mol. The van der Waals surface area contributed by atoms with E-state index in [-0.39, 0.29) is 17.7 Å². The molecule has 1 heterocycles. The van der Waals surface area contributed by atoms with Crippen molar-refractivity contribution in [1.29, 1.82) is 0 Å². The zero-order chi connectivity index (χ0) is 16.7. The van der Waals surface area contributed by atoms with Gasteiger partial charge in [-0.15, -0.1) is 0 Å². The molecule has 1 aromatic rings. The number of amides is 1. The Morgan fingerprint density at radius 2 is 2.09 bits per heavy atom. The van der Waals surface area contributed by atoms with Crippen molar-refractivity contribution in [2.75, 3.05) is 24.2 Å². The quantitative estimate of drug-likeness (QED) is 0.445. The summed E-state index contributed by atoms with van der Waals surface area (Å²) in [6.07, 6.45) is 1.02. The van der Waals surface area contributed by atoms with Crippen LogP contribution in [0.1, 0.15) is 34.1 Å². The minimum absolute atomic E-state index is 0.0155. The second-order valence-corrected chi connectivity index (χ2v) is 6.97. The Hall–Kier alpha value is -1.01. The van der Waals surface area contributed by atoms with Crippen molar-refractivity contribution in [3.8, 4) is 0 Å². The number of nitrogens with one attached hydrogen (secondary N) is 1. The van der Waals surface area contributed by atoms with Gasteiger partial charge < -0.3 is 10.2 Å². The standard InChI is InChI=1S/C15H25ClN4OS/c1-6-7-20(5)13-8-12(16)18-15(19-13)22-9-14(21)17-11(4)10(2)3/h8,10-11H,6-7,9H2,1-5H3,(H,17,21)/t11-/m0/s1. The van der Waals surface area contributed by atoms with Crippen LogP contribution < -0.4 is 10.2 Å². The Balaban J connectivity index is 2.64. The molecule has 0 saturated heterocycles. The van der Waals surface area contributed by atoms with Crippen molar-refractivity contribution in [2.45, 2.75) is 45.3 Å². The molecule has 0 saturated carbocycles. The molecular weight excluding hydrogens is 320 g/mol. The van der Waals surface area contributed by atoms with E-state index >= 15 is 0 Å². The maximum atomic E-state index is 11.9. The van der Waals surface area contributed by atoms with Crippen LogP contribution >= 0.6 is 23.4 Å². The molecule has 1 aromatic heterocycles. The number of thioether (sulfide) groups is 1. The number of hydrogen-bond donors (Lipinski definition) is 1. The number of hydrogen-bond acceptors (Lipinski definition) is 5. The second kappa shape index (κ2) is 9.20.